The third kappa shape index (κ3) is 4.43. The molecule has 0 aliphatic rings. The summed E-state index contributed by atoms with van der Waals surface area (Å²) in [5, 5.41) is 18.9. The molecule has 1 aromatic carbocycles. The number of thioether (sulfide) groups is 1. The Bertz CT molecular complexity index is 504. The minimum Gasteiger partial charge on any atom is -0.481 e. The number of nitro groups is 1. The number of hydrogen-bond acceptors (Lipinski definition) is 4. The maximum atomic E-state index is 12.6. The molecule has 0 saturated heterocycles. The molecule has 1 N–H and O–H groups in total. The molecule has 0 aliphatic carbocycles. The van der Waals surface area contributed by atoms with E-state index in [0.29, 0.717) is 6.07 Å². The van der Waals surface area contributed by atoms with Gasteiger partial charge in [-0.25, -0.2) is 0 Å². The molecule has 104 valence electrons. The van der Waals surface area contributed by atoms with Gasteiger partial charge in [0.2, 0.25) is 0 Å². The van der Waals surface area contributed by atoms with E-state index in [1.54, 1.807) is 0 Å². The second kappa shape index (κ2) is 5.91. The van der Waals surface area contributed by atoms with E-state index in [-0.39, 0.29) is 17.1 Å². The highest BCUT2D eigenvalue weighted by Gasteiger charge is 2.38. The molecule has 0 fully saturated rings. The van der Waals surface area contributed by atoms with Crippen LogP contribution in [0.1, 0.15) is 12.0 Å². The SMILES string of the molecule is O=C(O)CCSc1ccc([N+](=O)[O-])c(C(F)(F)F)c1. The molecule has 0 bridgehead atoms. The molecule has 5 nitrogen and oxygen atoms in total. The fourth-order valence-electron chi connectivity index (χ4n) is 1.25. The van der Waals surface area contributed by atoms with Crippen LogP contribution in [0.5, 0.6) is 0 Å². The third-order valence-corrected chi connectivity index (χ3v) is 3.05. The predicted octanol–water partition coefficient (Wildman–Crippen LogP) is 3.18. The monoisotopic (exact) mass is 295 g/mol. The van der Waals surface area contributed by atoms with E-state index in [4.69, 9.17) is 5.11 Å². The van der Waals surface area contributed by atoms with Gasteiger partial charge in [0, 0.05) is 16.7 Å². The highest BCUT2D eigenvalue weighted by atomic mass is 32.2. The van der Waals surface area contributed by atoms with Gasteiger partial charge in [-0.05, 0) is 12.1 Å². The van der Waals surface area contributed by atoms with Gasteiger partial charge in [-0.2, -0.15) is 13.2 Å². The minimum absolute atomic E-state index is 0.0877. The number of nitrogens with zero attached hydrogens (tertiary/aromatic N) is 1. The number of rotatable bonds is 5. The van der Waals surface area contributed by atoms with E-state index in [1.165, 1.54) is 6.07 Å². The highest BCUT2D eigenvalue weighted by Crippen LogP contribution is 2.38. The van der Waals surface area contributed by atoms with Crippen molar-refractivity contribution in [1.82, 2.24) is 0 Å². The Morgan fingerprint density at radius 1 is 1.42 bits per heavy atom. The standard InChI is InChI=1S/C10H8F3NO4S/c11-10(12,13)7-5-6(19-4-3-9(15)16)1-2-8(7)14(17)18/h1-2,5H,3-4H2,(H,15,16). The van der Waals surface area contributed by atoms with E-state index < -0.39 is 28.3 Å². The fourth-order valence-corrected chi connectivity index (χ4v) is 2.13. The smallest absolute Gasteiger partial charge is 0.423 e. The number of carboxylic acid groups (broad SMARTS) is 1. The maximum Gasteiger partial charge on any atom is 0.423 e. The van der Waals surface area contributed by atoms with Crippen molar-refractivity contribution in [1.29, 1.82) is 0 Å². The molecule has 1 rings (SSSR count). The summed E-state index contributed by atoms with van der Waals surface area (Å²) in [5.74, 6) is -0.977. The molecule has 9 heteroatoms. The summed E-state index contributed by atoms with van der Waals surface area (Å²) in [6, 6.07) is 2.59. The highest BCUT2D eigenvalue weighted by molar-refractivity contribution is 7.99. The largest absolute Gasteiger partial charge is 0.481 e. The molecule has 0 atom stereocenters. The first kappa shape index (κ1) is 15.3. The molecule has 1 aromatic rings. The van der Waals surface area contributed by atoms with Crippen molar-refractivity contribution in [3.63, 3.8) is 0 Å². The van der Waals surface area contributed by atoms with Crippen molar-refractivity contribution in [2.24, 2.45) is 0 Å². The van der Waals surface area contributed by atoms with E-state index in [1.807, 2.05) is 0 Å². The Hall–Kier alpha value is -1.77. The summed E-state index contributed by atoms with van der Waals surface area (Å²) in [5.41, 5.74) is -2.35. The number of carboxylic acids is 1. The van der Waals surface area contributed by atoms with E-state index in [9.17, 15) is 28.1 Å². The van der Waals surface area contributed by atoms with Crippen molar-refractivity contribution < 1.29 is 28.0 Å². The number of benzene rings is 1. The summed E-state index contributed by atoms with van der Waals surface area (Å²) in [6.45, 7) is 0. The van der Waals surface area contributed by atoms with Crippen molar-refractivity contribution in [3.05, 3.63) is 33.9 Å². The van der Waals surface area contributed by atoms with Crippen LogP contribution in [0.25, 0.3) is 0 Å². The van der Waals surface area contributed by atoms with Gasteiger partial charge in [-0.15, -0.1) is 11.8 Å². The van der Waals surface area contributed by atoms with E-state index in [2.05, 4.69) is 0 Å². The lowest BCUT2D eigenvalue weighted by Gasteiger charge is -2.09. The first-order valence-corrected chi connectivity index (χ1v) is 5.90. The van der Waals surface area contributed by atoms with Crippen LogP contribution < -0.4 is 0 Å². The maximum absolute atomic E-state index is 12.6. The summed E-state index contributed by atoms with van der Waals surface area (Å²) in [6.07, 6.45) is -5.03. The van der Waals surface area contributed by atoms with Crippen LogP contribution in [0, 0.1) is 10.1 Å². The zero-order valence-electron chi connectivity index (χ0n) is 9.31. The lowest BCUT2D eigenvalue weighted by molar-refractivity contribution is -0.388. The Morgan fingerprint density at radius 3 is 2.53 bits per heavy atom. The van der Waals surface area contributed by atoms with Gasteiger partial charge in [0.05, 0.1) is 11.3 Å². The van der Waals surface area contributed by atoms with Gasteiger partial charge in [0.15, 0.2) is 0 Å². The van der Waals surface area contributed by atoms with Gasteiger partial charge >= 0.3 is 12.1 Å². The number of hydrogen-bond donors (Lipinski definition) is 1. The van der Waals surface area contributed by atoms with Crippen LogP contribution >= 0.6 is 11.8 Å². The normalized spacial score (nSPS) is 11.3. The zero-order valence-corrected chi connectivity index (χ0v) is 10.1. The van der Waals surface area contributed by atoms with E-state index >= 15 is 0 Å². The molecule has 0 heterocycles. The summed E-state index contributed by atoms with van der Waals surface area (Å²) < 4.78 is 37.9. The summed E-state index contributed by atoms with van der Waals surface area (Å²) >= 11 is 0.896. The number of alkyl halides is 3. The van der Waals surface area contributed by atoms with Crippen molar-refractivity contribution >= 4 is 23.4 Å². The van der Waals surface area contributed by atoms with Crippen molar-refractivity contribution in [3.8, 4) is 0 Å². The molecule has 0 aromatic heterocycles. The molecule has 0 spiro atoms. The van der Waals surface area contributed by atoms with Gasteiger partial charge in [-0.1, -0.05) is 0 Å². The Kier molecular flexibility index (Phi) is 4.76. The summed E-state index contributed by atoms with van der Waals surface area (Å²) in [4.78, 5) is 19.8. The lowest BCUT2D eigenvalue weighted by Crippen LogP contribution is -2.09. The zero-order chi connectivity index (χ0) is 14.6. The van der Waals surface area contributed by atoms with Crippen LogP contribution in [-0.2, 0) is 11.0 Å². The van der Waals surface area contributed by atoms with Crippen LogP contribution in [0.2, 0.25) is 0 Å². The molecular weight excluding hydrogens is 287 g/mol. The van der Waals surface area contributed by atoms with Crippen LogP contribution in [-0.4, -0.2) is 21.8 Å². The van der Waals surface area contributed by atoms with Gasteiger partial charge in [0.25, 0.3) is 5.69 Å². The quantitative estimate of drug-likeness (QED) is 0.512. The molecule has 0 amide bonds. The van der Waals surface area contributed by atoms with Crippen LogP contribution in [0.3, 0.4) is 0 Å². The second-order valence-electron chi connectivity index (χ2n) is 3.43. The number of carbonyl (C=O) groups is 1. The molecule has 0 unspecified atom stereocenters. The average molecular weight is 295 g/mol. The molecule has 0 aliphatic heterocycles. The number of nitro benzene ring substituents is 1. The second-order valence-corrected chi connectivity index (χ2v) is 4.59. The Morgan fingerprint density at radius 2 is 2.05 bits per heavy atom. The first-order chi connectivity index (χ1) is 8.71. The van der Waals surface area contributed by atoms with Gasteiger partial charge in [-0.3, -0.25) is 14.9 Å². The van der Waals surface area contributed by atoms with Crippen molar-refractivity contribution in [2.75, 3.05) is 5.75 Å². The Balaban J connectivity index is 2.99. The number of halogens is 3. The van der Waals surface area contributed by atoms with Crippen LogP contribution in [0.4, 0.5) is 18.9 Å². The van der Waals surface area contributed by atoms with Crippen LogP contribution in [0.15, 0.2) is 23.1 Å². The molecule has 19 heavy (non-hydrogen) atoms. The topological polar surface area (TPSA) is 80.4 Å². The first-order valence-electron chi connectivity index (χ1n) is 4.92. The lowest BCUT2D eigenvalue weighted by atomic mass is 10.2. The minimum atomic E-state index is -4.83. The fraction of sp³-hybridized carbons (Fsp3) is 0.300. The van der Waals surface area contributed by atoms with Gasteiger partial charge < -0.3 is 5.11 Å². The molecule has 0 radical (unpaired) electrons. The third-order valence-electron chi connectivity index (χ3n) is 2.05. The molecule has 0 saturated carbocycles. The summed E-state index contributed by atoms with van der Waals surface area (Å²) in [7, 11) is 0. The average Bonchev–Trinajstić information content (AvgIpc) is 2.27. The number of aliphatic carboxylic acids is 1. The Labute approximate surface area is 109 Å². The van der Waals surface area contributed by atoms with E-state index in [0.717, 1.165) is 17.8 Å². The predicted molar refractivity (Wildman–Crippen MR) is 61.1 cm³/mol. The van der Waals surface area contributed by atoms with Crippen molar-refractivity contribution in [2.45, 2.75) is 17.5 Å². The molecular formula is C10H8F3NO4S. The van der Waals surface area contributed by atoms with Gasteiger partial charge in [0.1, 0.15) is 5.56 Å².